The molecule has 1 aromatic rings. The predicted molar refractivity (Wildman–Crippen MR) is 83.4 cm³/mol. The Bertz CT molecular complexity index is 331. The van der Waals surface area contributed by atoms with Gasteiger partial charge < -0.3 is 5.32 Å². The molecule has 0 unspecified atom stereocenters. The minimum atomic E-state index is 0. The van der Waals surface area contributed by atoms with Gasteiger partial charge in [0.25, 0.3) is 0 Å². The molecule has 18 heavy (non-hydrogen) atoms. The van der Waals surface area contributed by atoms with Crippen molar-refractivity contribution in [3.8, 4) is 0 Å². The van der Waals surface area contributed by atoms with Gasteiger partial charge in [-0.05, 0) is 38.8 Å². The minimum absolute atomic E-state index is 0. The zero-order valence-corrected chi connectivity index (χ0v) is 12.1. The molecule has 0 heterocycles. The summed E-state index contributed by atoms with van der Waals surface area (Å²) in [7, 11) is 1.99. The first-order valence-corrected chi connectivity index (χ1v) is 6.36. The van der Waals surface area contributed by atoms with Gasteiger partial charge in [0.15, 0.2) is 0 Å². The highest BCUT2D eigenvalue weighted by Crippen LogP contribution is 2.01. The van der Waals surface area contributed by atoms with Crippen molar-refractivity contribution in [2.45, 2.75) is 32.2 Å². The van der Waals surface area contributed by atoms with Crippen molar-refractivity contribution in [1.82, 2.24) is 5.32 Å². The molecule has 0 amide bonds. The highest BCUT2D eigenvalue weighted by molar-refractivity contribution is 5.85. The van der Waals surface area contributed by atoms with E-state index in [0.29, 0.717) is 6.04 Å². The fourth-order valence-corrected chi connectivity index (χ4v) is 1.61. The van der Waals surface area contributed by atoms with E-state index < -0.39 is 0 Å². The van der Waals surface area contributed by atoms with Crippen LogP contribution >= 0.6 is 12.4 Å². The van der Waals surface area contributed by atoms with Crippen LogP contribution in [0.15, 0.2) is 54.6 Å². The molecule has 0 aliphatic heterocycles. The van der Waals surface area contributed by atoms with Crippen molar-refractivity contribution in [3.63, 3.8) is 0 Å². The molecule has 0 saturated heterocycles. The number of halogens is 1. The van der Waals surface area contributed by atoms with Crippen molar-refractivity contribution in [2.75, 3.05) is 7.05 Å². The summed E-state index contributed by atoms with van der Waals surface area (Å²) in [4.78, 5) is 0. The van der Waals surface area contributed by atoms with Crippen molar-refractivity contribution in [2.24, 2.45) is 0 Å². The molecule has 0 aromatic heterocycles. The lowest BCUT2D eigenvalue weighted by Gasteiger charge is -2.08. The molecule has 1 aliphatic rings. The van der Waals surface area contributed by atoms with Crippen LogP contribution in [-0.2, 0) is 6.42 Å². The summed E-state index contributed by atoms with van der Waals surface area (Å²) in [6.45, 7) is 2.19. The Hall–Kier alpha value is -1.05. The number of likely N-dealkylation sites (N-methyl/N-ethyl adjacent to an activating group) is 1. The van der Waals surface area contributed by atoms with E-state index in [1.165, 1.54) is 18.4 Å². The molecule has 2 rings (SSSR count). The second-order valence-electron chi connectivity index (χ2n) is 4.31. The molecule has 1 N–H and O–H groups in total. The standard InChI is InChI=1S/C10H15N.C6H8.ClH/c1-9(11-2)8-10-6-4-3-5-7-10;1-2-4-6-5-3-1;/h3-7,9,11H,8H2,1-2H3;1-4H,5-6H2;1H/t9-;;/m0../s1. The molecule has 1 atom stereocenters. The van der Waals surface area contributed by atoms with Gasteiger partial charge in [-0.2, -0.15) is 0 Å². The zero-order valence-electron chi connectivity index (χ0n) is 11.3. The lowest BCUT2D eigenvalue weighted by atomic mass is 10.1. The number of allylic oxidation sites excluding steroid dienone is 4. The van der Waals surface area contributed by atoms with Gasteiger partial charge in [0.2, 0.25) is 0 Å². The molecule has 0 saturated carbocycles. The SMILES string of the molecule is C1=CCCC=C1.CN[C@@H](C)Cc1ccccc1.Cl. The number of rotatable bonds is 3. The Morgan fingerprint density at radius 2 is 1.61 bits per heavy atom. The van der Waals surface area contributed by atoms with Crippen molar-refractivity contribution in [1.29, 1.82) is 0 Å². The maximum atomic E-state index is 3.21. The van der Waals surface area contributed by atoms with Crippen LogP contribution in [0.4, 0.5) is 0 Å². The minimum Gasteiger partial charge on any atom is -0.317 e. The lowest BCUT2D eigenvalue weighted by Crippen LogP contribution is -2.23. The van der Waals surface area contributed by atoms with Crippen LogP contribution in [0, 0.1) is 0 Å². The van der Waals surface area contributed by atoms with E-state index in [4.69, 9.17) is 0 Å². The molecule has 1 aromatic carbocycles. The third-order valence-electron chi connectivity index (χ3n) is 2.76. The molecule has 1 aliphatic carbocycles. The molecule has 1 nitrogen and oxygen atoms in total. The summed E-state index contributed by atoms with van der Waals surface area (Å²) in [5, 5.41) is 3.21. The number of nitrogens with one attached hydrogen (secondary N) is 1. The van der Waals surface area contributed by atoms with E-state index >= 15 is 0 Å². The van der Waals surface area contributed by atoms with Crippen LogP contribution in [0.2, 0.25) is 0 Å². The van der Waals surface area contributed by atoms with Gasteiger partial charge in [-0.15, -0.1) is 12.4 Å². The normalized spacial score (nSPS) is 14.1. The maximum Gasteiger partial charge on any atom is 0.00761 e. The van der Waals surface area contributed by atoms with Crippen LogP contribution < -0.4 is 5.32 Å². The Labute approximate surface area is 117 Å². The Kier molecular flexibility index (Phi) is 10.4. The first-order chi connectivity index (χ1) is 8.33. The van der Waals surface area contributed by atoms with Crippen molar-refractivity contribution < 1.29 is 0 Å². The quantitative estimate of drug-likeness (QED) is 0.866. The van der Waals surface area contributed by atoms with Gasteiger partial charge in [-0.3, -0.25) is 0 Å². The average Bonchev–Trinajstić information content (AvgIpc) is 2.42. The van der Waals surface area contributed by atoms with E-state index in [1.54, 1.807) is 0 Å². The van der Waals surface area contributed by atoms with E-state index in [2.05, 4.69) is 60.8 Å². The van der Waals surface area contributed by atoms with Crippen molar-refractivity contribution >= 4 is 12.4 Å². The molecule has 2 heteroatoms. The van der Waals surface area contributed by atoms with Crippen LogP contribution in [-0.4, -0.2) is 13.1 Å². The van der Waals surface area contributed by atoms with Gasteiger partial charge in [-0.25, -0.2) is 0 Å². The predicted octanol–water partition coefficient (Wildman–Crippen LogP) is 4.15. The van der Waals surface area contributed by atoms with Gasteiger partial charge >= 0.3 is 0 Å². The van der Waals surface area contributed by atoms with Crippen LogP contribution in [0.5, 0.6) is 0 Å². The zero-order chi connectivity index (χ0) is 12.3. The van der Waals surface area contributed by atoms with E-state index in [0.717, 1.165) is 6.42 Å². The summed E-state index contributed by atoms with van der Waals surface area (Å²) < 4.78 is 0. The fourth-order valence-electron chi connectivity index (χ4n) is 1.61. The summed E-state index contributed by atoms with van der Waals surface area (Å²) in [5.41, 5.74) is 1.40. The first-order valence-electron chi connectivity index (χ1n) is 6.36. The van der Waals surface area contributed by atoms with E-state index in [-0.39, 0.29) is 12.4 Å². The maximum absolute atomic E-state index is 3.21. The van der Waals surface area contributed by atoms with Gasteiger partial charge in [0.05, 0.1) is 0 Å². The van der Waals surface area contributed by atoms with Crippen LogP contribution in [0.1, 0.15) is 25.3 Å². The van der Waals surface area contributed by atoms with Crippen LogP contribution in [0.3, 0.4) is 0 Å². The van der Waals surface area contributed by atoms with E-state index in [9.17, 15) is 0 Å². The third-order valence-corrected chi connectivity index (χ3v) is 2.76. The third kappa shape index (κ3) is 8.10. The first kappa shape index (κ1) is 16.9. The summed E-state index contributed by atoms with van der Waals surface area (Å²) >= 11 is 0. The average molecular weight is 266 g/mol. The van der Waals surface area contributed by atoms with Gasteiger partial charge in [-0.1, -0.05) is 54.6 Å². The molecule has 100 valence electrons. The second kappa shape index (κ2) is 11.1. The number of benzene rings is 1. The van der Waals surface area contributed by atoms with Crippen LogP contribution in [0.25, 0.3) is 0 Å². The summed E-state index contributed by atoms with van der Waals surface area (Å²) in [6, 6.07) is 11.1. The fraction of sp³-hybridized carbons (Fsp3) is 0.375. The monoisotopic (exact) mass is 265 g/mol. The molecule has 0 fully saturated rings. The Morgan fingerprint density at radius 3 is 2.00 bits per heavy atom. The smallest absolute Gasteiger partial charge is 0.00761 e. The van der Waals surface area contributed by atoms with Gasteiger partial charge in [0, 0.05) is 6.04 Å². The highest BCUT2D eigenvalue weighted by Gasteiger charge is 1.97. The van der Waals surface area contributed by atoms with Crippen molar-refractivity contribution in [3.05, 3.63) is 60.2 Å². The molecule has 0 radical (unpaired) electrons. The summed E-state index contributed by atoms with van der Waals surface area (Å²) in [6.07, 6.45) is 12.1. The largest absolute Gasteiger partial charge is 0.317 e. The molecular formula is C16H24ClN. The highest BCUT2D eigenvalue weighted by atomic mass is 35.5. The number of hydrogen-bond acceptors (Lipinski definition) is 1. The Balaban J connectivity index is 0.000000352. The van der Waals surface area contributed by atoms with Gasteiger partial charge in [0.1, 0.15) is 0 Å². The Morgan fingerprint density at radius 1 is 1.06 bits per heavy atom. The molecular weight excluding hydrogens is 242 g/mol. The lowest BCUT2D eigenvalue weighted by molar-refractivity contribution is 0.608. The molecule has 0 spiro atoms. The van der Waals surface area contributed by atoms with E-state index in [1.807, 2.05) is 13.1 Å². The number of hydrogen-bond donors (Lipinski definition) is 1. The topological polar surface area (TPSA) is 12.0 Å². The summed E-state index contributed by atoms with van der Waals surface area (Å²) in [5.74, 6) is 0. The second-order valence-corrected chi connectivity index (χ2v) is 4.31. The molecule has 0 bridgehead atoms.